The van der Waals surface area contributed by atoms with E-state index in [-0.39, 0.29) is 18.5 Å². The number of rotatable bonds is 5. The first-order valence-corrected chi connectivity index (χ1v) is 6.50. The average molecular weight is 289 g/mol. The van der Waals surface area contributed by atoms with Gasteiger partial charge in [0.15, 0.2) is 0 Å². The van der Waals surface area contributed by atoms with Crippen LogP contribution in [0.15, 0.2) is 35.3 Å². The number of benzene rings is 1. The summed E-state index contributed by atoms with van der Waals surface area (Å²) in [5.74, 6) is -1.67. The number of fused-ring (bicyclic) bond motifs is 1. The van der Waals surface area contributed by atoms with Crippen LogP contribution in [0, 0.1) is 0 Å². The van der Waals surface area contributed by atoms with Crippen LogP contribution in [-0.4, -0.2) is 32.8 Å². The van der Waals surface area contributed by atoms with Gasteiger partial charge >= 0.3 is 5.97 Å². The van der Waals surface area contributed by atoms with E-state index in [0.29, 0.717) is 10.8 Å². The van der Waals surface area contributed by atoms with Crippen molar-refractivity contribution < 1.29 is 14.7 Å². The van der Waals surface area contributed by atoms with Crippen LogP contribution >= 0.6 is 0 Å². The van der Waals surface area contributed by atoms with Crippen LogP contribution in [0.3, 0.4) is 0 Å². The number of carbonyl (C=O) groups excluding carboxylic acids is 1. The van der Waals surface area contributed by atoms with Crippen molar-refractivity contribution >= 4 is 22.6 Å². The second-order valence-corrected chi connectivity index (χ2v) is 4.56. The molecular formula is C14H15N3O4. The van der Waals surface area contributed by atoms with Gasteiger partial charge in [-0.25, -0.2) is 9.48 Å². The van der Waals surface area contributed by atoms with Gasteiger partial charge in [0.1, 0.15) is 12.6 Å². The topological polar surface area (TPSA) is 101 Å². The third-order valence-electron chi connectivity index (χ3n) is 3.10. The van der Waals surface area contributed by atoms with Crippen molar-refractivity contribution in [2.75, 3.05) is 0 Å². The summed E-state index contributed by atoms with van der Waals surface area (Å²) < 4.78 is 1.02. The Balaban J connectivity index is 2.20. The summed E-state index contributed by atoms with van der Waals surface area (Å²) in [6, 6.07) is 5.96. The Hall–Kier alpha value is -2.70. The van der Waals surface area contributed by atoms with Gasteiger partial charge in [0.2, 0.25) is 5.91 Å². The van der Waals surface area contributed by atoms with Crippen LogP contribution in [0.2, 0.25) is 0 Å². The lowest BCUT2D eigenvalue weighted by Crippen LogP contribution is -2.43. The Morgan fingerprint density at radius 3 is 2.76 bits per heavy atom. The molecule has 7 heteroatoms. The molecule has 1 aromatic heterocycles. The molecule has 0 aliphatic rings. The van der Waals surface area contributed by atoms with Crippen LogP contribution in [0.25, 0.3) is 10.8 Å². The number of carbonyl (C=O) groups is 2. The molecule has 2 aromatic rings. The molecule has 0 fully saturated rings. The number of nitrogens with one attached hydrogen (secondary N) is 1. The highest BCUT2D eigenvalue weighted by molar-refractivity contribution is 5.84. The molecule has 1 aromatic carbocycles. The number of aromatic nitrogens is 2. The third kappa shape index (κ3) is 3.25. The van der Waals surface area contributed by atoms with Crippen LogP contribution in [-0.2, 0) is 16.1 Å². The fourth-order valence-corrected chi connectivity index (χ4v) is 1.95. The quantitative estimate of drug-likeness (QED) is 0.828. The Morgan fingerprint density at radius 1 is 1.38 bits per heavy atom. The number of amides is 1. The molecule has 21 heavy (non-hydrogen) atoms. The lowest BCUT2D eigenvalue weighted by molar-refractivity contribution is -0.142. The van der Waals surface area contributed by atoms with Crippen molar-refractivity contribution in [3.05, 3.63) is 40.8 Å². The summed E-state index contributed by atoms with van der Waals surface area (Å²) in [7, 11) is 0. The second-order valence-electron chi connectivity index (χ2n) is 4.56. The van der Waals surface area contributed by atoms with E-state index in [0.717, 1.165) is 4.68 Å². The van der Waals surface area contributed by atoms with E-state index in [9.17, 15) is 14.4 Å². The normalized spacial score (nSPS) is 12.0. The van der Waals surface area contributed by atoms with Crippen molar-refractivity contribution in [1.82, 2.24) is 15.1 Å². The van der Waals surface area contributed by atoms with E-state index in [1.54, 1.807) is 31.2 Å². The SMILES string of the molecule is CCC(NC(=O)Cn1ncc2ccccc2c1=O)C(=O)O. The van der Waals surface area contributed by atoms with Gasteiger partial charge in [0, 0.05) is 5.39 Å². The molecule has 2 N–H and O–H groups in total. The first kappa shape index (κ1) is 14.7. The van der Waals surface area contributed by atoms with Crippen LogP contribution in [0.4, 0.5) is 0 Å². The van der Waals surface area contributed by atoms with Crippen LogP contribution in [0.1, 0.15) is 13.3 Å². The van der Waals surface area contributed by atoms with Crippen molar-refractivity contribution in [2.45, 2.75) is 25.9 Å². The molecule has 0 aliphatic heterocycles. The molecule has 1 heterocycles. The Morgan fingerprint density at radius 2 is 2.10 bits per heavy atom. The van der Waals surface area contributed by atoms with E-state index >= 15 is 0 Å². The molecule has 0 radical (unpaired) electrons. The highest BCUT2D eigenvalue weighted by Crippen LogP contribution is 2.06. The molecule has 110 valence electrons. The van der Waals surface area contributed by atoms with Gasteiger partial charge in [0.25, 0.3) is 5.56 Å². The number of carboxylic acid groups (broad SMARTS) is 1. The largest absolute Gasteiger partial charge is 0.480 e. The molecule has 2 rings (SSSR count). The first-order valence-electron chi connectivity index (χ1n) is 6.50. The summed E-state index contributed by atoms with van der Waals surface area (Å²) >= 11 is 0. The highest BCUT2D eigenvalue weighted by Gasteiger charge is 2.18. The fourth-order valence-electron chi connectivity index (χ4n) is 1.95. The van der Waals surface area contributed by atoms with Crippen molar-refractivity contribution in [1.29, 1.82) is 0 Å². The summed E-state index contributed by atoms with van der Waals surface area (Å²) in [6.07, 6.45) is 1.76. The minimum Gasteiger partial charge on any atom is -0.480 e. The molecule has 1 amide bonds. The van der Waals surface area contributed by atoms with E-state index < -0.39 is 17.9 Å². The molecule has 0 bridgehead atoms. The number of aliphatic carboxylic acids is 1. The molecular weight excluding hydrogens is 274 g/mol. The van der Waals surface area contributed by atoms with Crippen molar-refractivity contribution in [2.24, 2.45) is 0 Å². The summed E-state index contributed by atoms with van der Waals surface area (Å²) in [5.41, 5.74) is -0.383. The van der Waals surface area contributed by atoms with Gasteiger partial charge in [-0.15, -0.1) is 0 Å². The first-order chi connectivity index (χ1) is 10.0. The molecule has 7 nitrogen and oxygen atoms in total. The minimum atomic E-state index is -1.11. The highest BCUT2D eigenvalue weighted by atomic mass is 16.4. The molecule has 1 atom stereocenters. The predicted molar refractivity (Wildman–Crippen MR) is 75.9 cm³/mol. The Kier molecular flexibility index (Phi) is 4.32. The number of hydrogen-bond acceptors (Lipinski definition) is 4. The molecule has 0 saturated carbocycles. The molecule has 1 unspecified atom stereocenters. The fraction of sp³-hybridized carbons (Fsp3) is 0.286. The van der Waals surface area contributed by atoms with Gasteiger partial charge in [0.05, 0.1) is 11.6 Å². The lowest BCUT2D eigenvalue weighted by Gasteiger charge is -2.12. The smallest absolute Gasteiger partial charge is 0.326 e. The standard InChI is InChI=1S/C14H15N3O4/c1-2-11(14(20)21)16-12(18)8-17-13(19)10-6-4-3-5-9(10)7-15-17/h3-7,11H,2,8H2,1H3,(H,16,18)(H,20,21). The van der Waals surface area contributed by atoms with Gasteiger partial charge < -0.3 is 10.4 Å². The maximum absolute atomic E-state index is 12.2. The van der Waals surface area contributed by atoms with E-state index in [4.69, 9.17) is 5.11 Å². The third-order valence-corrected chi connectivity index (χ3v) is 3.10. The number of nitrogens with zero attached hydrogens (tertiary/aromatic N) is 2. The average Bonchev–Trinajstić information content (AvgIpc) is 2.47. The lowest BCUT2D eigenvalue weighted by atomic mass is 10.2. The van der Waals surface area contributed by atoms with E-state index in [2.05, 4.69) is 10.4 Å². The van der Waals surface area contributed by atoms with Crippen molar-refractivity contribution in [3.63, 3.8) is 0 Å². The summed E-state index contributed by atoms with van der Waals surface area (Å²) in [4.78, 5) is 34.8. The van der Waals surface area contributed by atoms with Gasteiger partial charge in [-0.2, -0.15) is 5.10 Å². The van der Waals surface area contributed by atoms with Gasteiger partial charge in [-0.05, 0) is 12.5 Å². The zero-order valence-electron chi connectivity index (χ0n) is 11.4. The predicted octanol–water partition coefficient (Wildman–Crippen LogP) is 0.376. The number of hydrogen-bond donors (Lipinski definition) is 2. The monoisotopic (exact) mass is 289 g/mol. The van der Waals surface area contributed by atoms with Crippen LogP contribution in [0.5, 0.6) is 0 Å². The minimum absolute atomic E-state index is 0.265. The maximum atomic E-state index is 12.2. The zero-order valence-corrected chi connectivity index (χ0v) is 11.4. The van der Waals surface area contributed by atoms with E-state index in [1.807, 2.05) is 0 Å². The van der Waals surface area contributed by atoms with Crippen LogP contribution < -0.4 is 10.9 Å². The Bertz CT molecular complexity index is 738. The molecule has 0 spiro atoms. The summed E-state index contributed by atoms with van der Waals surface area (Å²) in [6.45, 7) is 1.34. The van der Waals surface area contributed by atoms with Gasteiger partial charge in [-0.3, -0.25) is 9.59 Å². The summed E-state index contributed by atoms with van der Waals surface area (Å²) in [5, 5.41) is 16.3. The number of carboxylic acids is 1. The Labute approximate surface area is 120 Å². The van der Waals surface area contributed by atoms with E-state index in [1.165, 1.54) is 6.20 Å². The maximum Gasteiger partial charge on any atom is 0.326 e. The molecule has 0 aliphatic carbocycles. The zero-order chi connectivity index (χ0) is 15.4. The molecule has 0 saturated heterocycles. The van der Waals surface area contributed by atoms with Gasteiger partial charge in [-0.1, -0.05) is 25.1 Å². The van der Waals surface area contributed by atoms with Crippen molar-refractivity contribution in [3.8, 4) is 0 Å². The second kappa shape index (κ2) is 6.17.